The van der Waals surface area contributed by atoms with Crippen LogP contribution in [0.4, 0.5) is 5.82 Å². The first kappa shape index (κ1) is 21.0. The summed E-state index contributed by atoms with van der Waals surface area (Å²) in [6.07, 6.45) is 5.07. The third-order valence-electron chi connectivity index (χ3n) is 7.05. The molecule has 0 unspecified atom stereocenters. The predicted octanol–water partition coefficient (Wildman–Crippen LogP) is 2.48. The molecule has 2 saturated heterocycles. The molecule has 33 heavy (non-hydrogen) atoms. The summed E-state index contributed by atoms with van der Waals surface area (Å²) in [4.78, 5) is 35.9. The zero-order valence-corrected chi connectivity index (χ0v) is 19.9. The van der Waals surface area contributed by atoms with Crippen LogP contribution in [0.3, 0.4) is 0 Å². The van der Waals surface area contributed by atoms with Crippen LogP contribution in [0.15, 0.2) is 4.79 Å². The van der Waals surface area contributed by atoms with Gasteiger partial charge in [-0.1, -0.05) is 5.21 Å². The summed E-state index contributed by atoms with van der Waals surface area (Å²) >= 11 is 1.37. The van der Waals surface area contributed by atoms with E-state index in [1.165, 1.54) is 21.6 Å². The van der Waals surface area contributed by atoms with Crippen molar-refractivity contribution in [2.24, 2.45) is 0 Å². The van der Waals surface area contributed by atoms with Crippen LogP contribution in [-0.2, 0) is 29.1 Å². The van der Waals surface area contributed by atoms with Crippen LogP contribution < -0.4 is 10.5 Å². The normalized spacial score (nSPS) is 20.2. The standard InChI is InChI=1S/C23H28N6O3S/c1-23(2)11-14-15(13-32-23)20(28-9-5-6-10-28)24-21-17(14)18-19(33-21)22(31)29(26-25-18)12-16(30)27-7-3-4-8-27/h3-13H2,1-2H3. The van der Waals surface area contributed by atoms with Gasteiger partial charge in [-0.15, -0.1) is 16.4 Å². The number of fused-ring (bicyclic) bond motifs is 5. The number of carbonyl (C=O) groups excluding carboxylic acids is 1. The van der Waals surface area contributed by atoms with Gasteiger partial charge in [0.25, 0.3) is 5.56 Å². The smallest absolute Gasteiger partial charge is 0.288 e. The van der Waals surface area contributed by atoms with Gasteiger partial charge in [-0.2, -0.15) is 0 Å². The number of likely N-dealkylation sites (tertiary alicyclic amines) is 1. The van der Waals surface area contributed by atoms with Gasteiger partial charge in [0.2, 0.25) is 5.91 Å². The Labute approximate surface area is 195 Å². The lowest BCUT2D eigenvalue weighted by Gasteiger charge is -2.34. The number of amides is 1. The van der Waals surface area contributed by atoms with Gasteiger partial charge in [-0.05, 0) is 45.1 Å². The molecule has 6 heterocycles. The molecule has 0 aliphatic carbocycles. The zero-order chi connectivity index (χ0) is 22.7. The first-order chi connectivity index (χ1) is 15.9. The quantitative estimate of drug-likeness (QED) is 0.583. The Balaban J connectivity index is 1.50. The highest BCUT2D eigenvalue weighted by Crippen LogP contribution is 2.42. The topological polar surface area (TPSA) is 93.5 Å². The average molecular weight is 469 g/mol. The molecule has 0 radical (unpaired) electrons. The van der Waals surface area contributed by atoms with Crippen molar-refractivity contribution in [2.45, 2.75) is 64.7 Å². The zero-order valence-electron chi connectivity index (χ0n) is 19.1. The van der Waals surface area contributed by atoms with Gasteiger partial charge in [-0.3, -0.25) is 9.59 Å². The molecule has 0 aromatic carbocycles. The third-order valence-corrected chi connectivity index (χ3v) is 8.11. The Morgan fingerprint density at radius 3 is 2.58 bits per heavy atom. The molecule has 3 aliphatic heterocycles. The highest BCUT2D eigenvalue weighted by molar-refractivity contribution is 7.25. The number of pyridine rings is 1. The molecule has 3 aliphatic rings. The molecule has 0 saturated carbocycles. The molecule has 10 heteroatoms. The lowest BCUT2D eigenvalue weighted by atomic mass is 9.90. The van der Waals surface area contributed by atoms with E-state index in [2.05, 4.69) is 29.1 Å². The lowest BCUT2D eigenvalue weighted by Crippen LogP contribution is -2.36. The molecule has 0 atom stereocenters. The molecular weight excluding hydrogens is 440 g/mol. The second kappa shape index (κ2) is 7.73. The maximum Gasteiger partial charge on any atom is 0.288 e. The van der Waals surface area contributed by atoms with Gasteiger partial charge in [0.05, 0.1) is 12.2 Å². The Hall–Kier alpha value is -2.59. The second-order valence-electron chi connectivity index (χ2n) is 9.91. The number of nitrogens with zero attached hydrogens (tertiary/aromatic N) is 6. The van der Waals surface area contributed by atoms with E-state index in [-0.39, 0.29) is 23.6 Å². The number of aromatic nitrogens is 4. The van der Waals surface area contributed by atoms with Gasteiger partial charge in [0, 0.05) is 43.5 Å². The Kier molecular flexibility index (Phi) is 4.91. The van der Waals surface area contributed by atoms with E-state index in [0.717, 1.165) is 79.9 Å². The summed E-state index contributed by atoms with van der Waals surface area (Å²) in [5.74, 6) is 0.907. The molecule has 0 bridgehead atoms. The van der Waals surface area contributed by atoms with Crippen LogP contribution in [0.2, 0.25) is 0 Å². The van der Waals surface area contributed by atoms with Crippen LogP contribution in [0.25, 0.3) is 20.4 Å². The van der Waals surface area contributed by atoms with Gasteiger partial charge in [0.1, 0.15) is 27.4 Å². The highest BCUT2D eigenvalue weighted by Gasteiger charge is 2.34. The molecule has 6 rings (SSSR count). The van der Waals surface area contributed by atoms with Crippen molar-refractivity contribution < 1.29 is 9.53 Å². The number of ether oxygens (including phenoxy) is 1. The van der Waals surface area contributed by atoms with E-state index in [1.54, 1.807) is 4.90 Å². The molecule has 2 fully saturated rings. The van der Waals surface area contributed by atoms with E-state index >= 15 is 0 Å². The first-order valence-electron chi connectivity index (χ1n) is 11.8. The van der Waals surface area contributed by atoms with Crippen molar-refractivity contribution in [1.82, 2.24) is 24.9 Å². The Bertz CT molecular complexity index is 1320. The molecule has 3 aromatic rings. The van der Waals surface area contributed by atoms with Crippen LogP contribution in [0, 0.1) is 0 Å². The van der Waals surface area contributed by atoms with Crippen LogP contribution in [0.5, 0.6) is 0 Å². The van der Waals surface area contributed by atoms with Crippen molar-refractivity contribution in [3.05, 3.63) is 21.5 Å². The molecule has 1 amide bonds. The van der Waals surface area contributed by atoms with Crippen molar-refractivity contribution in [3.8, 4) is 0 Å². The fourth-order valence-electron chi connectivity index (χ4n) is 5.29. The highest BCUT2D eigenvalue weighted by atomic mass is 32.1. The Morgan fingerprint density at radius 1 is 1.09 bits per heavy atom. The summed E-state index contributed by atoms with van der Waals surface area (Å²) in [5.41, 5.74) is 2.31. The summed E-state index contributed by atoms with van der Waals surface area (Å²) in [6.45, 7) is 8.10. The lowest BCUT2D eigenvalue weighted by molar-refractivity contribution is -0.131. The molecule has 0 spiro atoms. The monoisotopic (exact) mass is 468 g/mol. The van der Waals surface area contributed by atoms with Crippen LogP contribution in [0.1, 0.15) is 50.7 Å². The van der Waals surface area contributed by atoms with Crippen LogP contribution in [-0.4, -0.2) is 62.6 Å². The summed E-state index contributed by atoms with van der Waals surface area (Å²) in [5, 5.41) is 9.54. The number of thiophene rings is 1. The maximum atomic E-state index is 13.3. The summed E-state index contributed by atoms with van der Waals surface area (Å²) in [7, 11) is 0. The minimum atomic E-state index is -0.303. The number of hydrogen-bond acceptors (Lipinski definition) is 8. The van der Waals surface area contributed by atoms with Gasteiger partial charge >= 0.3 is 0 Å². The van der Waals surface area contributed by atoms with Crippen molar-refractivity contribution in [1.29, 1.82) is 0 Å². The number of carbonyl (C=O) groups is 1. The molecule has 9 nitrogen and oxygen atoms in total. The van der Waals surface area contributed by atoms with Crippen molar-refractivity contribution in [2.75, 3.05) is 31.1 Å². The Morgan fingerprint density at radius 2 is 1.82 bits per heavy atom. The van der Waals surface area contributed by atoms with E-state index in [0.29, 0.717) is 16.8 Å². The van der Waals surface area contributed by atoms with Gasteiger partial charge < -0.3 is 14.5 Å². The van der Waals surface area contributed by atoms with E-state index < -0.39 is 0 Å². The summed E-state index contributed by atoms with van der Waals surface area (Å²) < 4.78 is 7.89. The van der Waals surface area contributed by atoms with E-state index in [1.807, 2.05) is 0 Å². The van der Waals surface area contributed by atoms with Gasteiger partial charge in [-0.25, -0.2) is 9.67 Å². The minimum absolute atomic E-state index is 0.0680. The first-order valence-corrected chi connectivity index (χ1v) is 12.6. The fourth-order valence-corrected chi connectivity index (χ4v) is 6.37. The SMILES string of the molecule is CC1(C)Cc2c(c(N3CCCC3)nc3sc4c(=O)n(CC(=O)N5CCCC5)nnc4c23)CO1. The van der Waals surface area contributed by atoms with E-state index in [4.69, 9.17) is 9.72 Å². The van der Waals surface area contributed by atoms with E-state index in [9.17, 15) is 9.59 Å². The second-order valence-corrected chi connectivity index (χ2v) is 10.9. The van der Waals surface area contributed by atoms with Gasteiger partial charge in [0.15, 0.2) is 0 Å². The van der Waals surface area contributed by atoms with Crippen molar-refractivity contribution in [3.63, 3.8) is 0 Å². The van der Waals surface area contributed by atoms with Crippen molar-refractivity contribution >= 4 is 43.5 Å². The van der Waals surface area contributed by atoms with Crippen LogP contribution >= 0.6 is 11.3 Å². The average Bonchev–Trinajstić information content (AvgIpc) is 3.55. The number of hydrogen-bond donors (Lipinski definition) is 0. The summed E-state index contributed by atoms with van der Waals surface area (Å²) in [6, 6.07) is 0. The molecular formula is C23H28N6O3S. The fraction of sp³-hybridized carbons (Fsp3) is 0.609. The molecule has 3 aromatic heterocycles. The maximum absolute atomic E-state index is 13.3. The minimum Gasteiger partial charge on any atom is -0.370 e. The predicted molar refractivity (Wildman–Crippen MR) is 127 cm³/mol. The molecule has 0 N–H and O–H groups in total. The number of anilines is 1. The largest absolute Gasteiger partial charge is 0.370 e. The number of rotatable bonds is 3. The molecule has 174 valence electrons. The third kappa shape index (κ3) is 3.50.